The summed E-state index contributed by atoms with van der Waals surface area (Å²) >= 11 is 0. The van der Waals surface area contributed by atoms with Gasteiger partial charge in [0, 0.05) is 0 Å². The predicted molar refractivity (Wildman–Crippen MR) is 69.1 cm³/mol. The Morgan fingerprint density at radius 1 is 1.12 bits per heavy atom. The number of unbranched alkanes of at least 4 members (excludes halogenated alkanes) is 1. The van der Waals surface area contributed by atoms with E-state index in [4.69, 9.17) is 4.74 Å². The van der Waals surface area contributed by atoms with Crippen molar-refractivity contribution >= 4 is 16.7 Å². The molecule has 0 aliphatic heterocycles. The summed E-state index contributed by atoms with van der Waals surface area (Å²) in [5.41, 5.74) is 0.625. The minimum absolute atomic E-state index is 0.232. The Morgan fingerprint density at radius 2 is 1.88 bits per heavy atom. The summed E-state index contributed by atoms with van der Waals surface area (Å²) in [5.74, 6) is -0.232. The Balaban J connectivity index is 2.15. The van der Waals surface area contributed by atoms with Gasteiger partial charge in [0.2, 0.25) is 0 Å². The lowest BCUT2D eigenvalue weighted by Crippen LogP contribution is -2.06. The summed E-state index contributed by atoms with van der Waals surface area (Å²) in [6.07, 6.45) is 1.95. The summed E-state index contributed by atoms with van der Waals surface area (Å²) in [5, 5.41) is 2.20. The molecule has 2 rings (SSSR count). The van der Waals surface area contributed by atoms with Gasteiger partial charge < -0.3 is 4.74 Å². The molecule has 0 atom stereocenters. The smallest absolute Gasteiger partial charge is 0.338 e. The van der Waals surface area contributed by atoms with Gasteiger partial charge in [0.15, 0.2) is 0 Å². The summed E-state index contributed by atoms with van der Waals surface area (Å²) < 4.78 is 5.18. The van der Waals surface area contributed by atoms with Crippen LogP contribution in [0.2, 0.25) is 0 Å². The number of fused-ring (bicyclic) bond motifs is 1. The van der Waals surface area contributed by atoms with E-state index in [-0.39, 0.29) is 5.97 Å². The zero-order chi connectivity index (χ0) is 12.1. The molecule has 0 unspecified atom stereocenters. The molecule has 88 valence electrons. The topological polar surface area (TPSA) is 26.3 Å². The number of carbonyl (C=O) groups excluding carboxylic acids is 1. The first-order valence-corrected chi connectivity index (χ1v) is 5.97. The molecule has 0 radical (unpaired) electrons. The summed E-state index contributed by atoms with van der Waals surface area (Å²) in [4.78, 5) is 11.7. The highest BCUT2D eigenvalue weighted by atomic mass is 16.5. The molecule has 0 aliphatic carbocycles. The third-order valence-electron chi connectivity index (χ3n) is 2.72. The number of hydrogen-bond acceptors (Lipinski definition) is 2. The maximum atomic E-state index is 11.7. The molecule has 0 spiro atoms. The van der Waals surface area contributed by atoms with E-state index in [0.717, 1.165) is 23.6 Å². The van der Waals surface area contributed by atoms with Gasteiger partial charge in [0.25, 0.3) is 0 Å². The molecule has 0 amide bonds. The van der Waals surface area contributed by atoms with Gasteiger partial charge in [0.05, 0.1) is 12.2 Å². The van der Waals surface area contributed by atoms with Crippen LogP contribution in [0.3, 0.4) is 0 Å². The largest absolute Gasteiger partial charge is 0.462 e. The standard InChI is InChI=1S/C15H16O2/c1-2-3-10-17-15(16)14-9-8-12-6-4-5-7-13(12)11-14/h4-9,11H,2-3,10H2,1H3. The van der Waals surface area contributed by atoms with Crippen molar-refractivity contribution in [1.29, 1.82) is 0 Å². The van der Waals surface area contributed by atoms with Gasteiger partial charge in [0.1, 0.15) is 0 Å². The van der Waals surface area contributed by atoms with Crippen LogP contribution in [0.25, 0.3) is 10.8 Å². The summed E-state index contributed by atoms with van der Waals surface area (Å²) in [6.45, 7) is 2.58. The molecule has 0 bridgehead atoms. The van der Waals surface area contributed by atoms with Crippen LogP contribution in [0.1, 0.15) is 30.1 Å². The second-order valence-electron chi connectivity index (χ2n) is 4.05. The Bertz CT molecular complexity index is 517. The van der Waals surface area contributed by atoms with Crippen molar-refractivity contribution in [2.24, 2.45) is 0 Å². The number of benzene rings is 2. The van der Waals surface area contributed by atoms with Gasteiger partial charge >= 0.3 is 5.97 Å². The summed E-state index contributed by atoms with van der Waals surface area (Å²) in [7, 11) is 0. The zero-order valence-corrected chi connectivity index (χ0v) is 9.98. The van der Waals surface area contributed by atoms with Crippen LogP contribution in [0.5, 0.6) is 0 Å². The lowest BCUT2D eigenvalue weighted by Gasteiger charge is -2.05. The number of carbonyl (C=O) groups is 1. The van der Waals surface area contributed by atoms with E-state index >= 15 is 0 Å². The van der Waals surface area contributed by atoms with Crippen LogP contribution in [-0.4, -0.2) is 12.6 Å². The average molecular weight is 228 g/mol. The van der Waals surface area contributed by atoms with Crippen LogP contribution < -0.4 is 0 Å². The Labute approximate surface area is 101 Å². The Hall–Kier alpha value is -1.83. The number of ether oxygens (including phenoxy) is 1. The molecule has 0 aromatic heterocycles. The SMILES string of the molecule is CCCCOC(=O)c1ccc2ccccc2c1. The molecule has 0 saturated heterocycles. The third-order valence-corrected chi connectivity index (χ3v) is 2.72. The van der Waals surface area contributed by atoms with Gasteiger partial charge in [-0.15, -0.1) is 0 Å². The van der Waals surface area contributed by atoms with Crippen molar-refractivity contribution in [3.8, 4) is 0 Å². The third kappa shape index (κ3) is 2.84. The van der Waals surface area contributed by atoms with Crippen LogP contribution >= 0.6 is 0 Å². The lowest BCUT2D eigenvalue weighted by molar-refractivity contribution is 0.0500. The highest BCUT2D eigenvalue weighted by molar-refractivity contribution is 5.95. The molecule has 2 aromatic rings. The molecule has 0 fully saturated rings. The van der Waals surface area contributed by atoms with Gasteiger partial charge in [-0.2, -0.15) is 0 Å². The minimum atomic E-state index is -0.232. The molecular formula is C15H16O2. The van der Waals surface area contributed by atoms with E-state index in [1.165, 1.54) is 0 Å². The number of rotatable bonds is 4. The van der Waals surface area contributed by atoms with Crippen molar-refractivity contribution in [1.82, 2.24) is 0 Å². The molecule has 2 aromatic carbocycles. The van der Waals surface area contributed by atoms with Crippen LogP contribution in [-0.2, 0) is 4.74 Å². The first-order chi connectivity index (χ1) is 8.31. The van der Waals surface area contributed by atoms with Gasteiger partial charge in [-0.1, -0.05) is 43.7 Å². The first kappa shape index (κ1) is 11.6. The molecule has 0 saturated carbocycles. The maximum absolute atomic E-state index is 11.7. The fraction of sp³-hybridized carbons (Fsp3) is 0.267. The molecule has 0 heterocycles. The van der Waals surface area contributed by atoms with Crippen LogP contribution in [0.15, 0.2) is 42.5 Å². The van der Waals surface area contributed by atoms with Crippen molar-refractivity contribution in [3.63, 3.8) is 0 Å². The lowest BCUT2D eigenvalue weighted by atomic mass is 10.1. The van der Waals surface area contributed by atoms with E-state index in [0.29, 0.717) is 12.2 Å². The monoisotopic (exact) mass is 228 g/mol. The molecule has 0 N–H and O–H groups in total. The Kier molecular flexibility index (Phi) is 3.76. The maximum Gasteiger partial charge on any atom is 0.338 e. The highest BCUT2D eigenvalue weighted by Crippen LogP contribution is 2.16. The van der Waals surface area contributed by atoms with E-state index in [2.05, 4.69) is 6.92 Å². The average Bonchev–Trinajstić information content (AvgIpc) is 2.38. The Morgan fingerprint density at radius 3 is 2.65 bits per heavy atom. The normalized spacial score (nSPS) is 10.4. The first-order valence-electron chi connectivity index (χ1n) is 5.97. The number of esters is 1. The van der Waals surface area contributed by atoms with Crippen LogP contribution in [0.4, 0.5) is 0 Å². The quantitative estimate of drug-likeness (QED) is 0.587. The van der Waals surface area contributed by atoms with Gasteiger partial charge in [-0.3, -0.25) is 0 Å². The fourth-order valence-corrected chi connectivity index (χ4v) is 1.71. The zero-order valence-electron chi connectivity index (χ0n) is 9.98. The molecular weight excluding hydrogens is 212 g/mol. The van der Waals surface area contributed by atoms with Crippen molar-refractivity contribution in [2.45, 2.75) is 19.8 Å². The van der Waals surface area contributed by atoms with E-state index in [9.17, 15) is 4.79 Å². The molecule has 17 heavy (non-hydrogen) atoms. The molecule has 0 aliphatic rings. The van der Waals surface area contributed by atoms with Crippen LogP contribution in [0, 0.1) is 0 Å². The second kappa shape index (κ2) is 5.48. The minimum Gasteiger partial charge on any atom is -0.462 e. The summed E-state index contributed by atoms with van der Waals surface area (Å²) in [6, 6.07) is 13.6. The van der Waals surface area contributed by atoms with Gasteiger partial charge in [-0.05, 0) is 29.3 Å². The second-order valence-corrected chi connectivity index (χ2v) is 4.05. The predicted octanol–water partition coefficient (Wildman–Crippen LogP) is 3.80. The van der Waals surface area contributed by atoms with Crippen molar-refractivity contribution in [3.05, 3.63) is 48.0 Å². The molecule has 2 nitrogen and oxygen atoms in total. The molecule has 2 heteroatoms. The van der Waals surface area contributed by atoms with E-state index in [1.54, 1.807) is 0 Å². The van der Waals surface area contributed by atoms with E-state index < -0.39 is 0 Å². The fourth-order valence-electron chi connectivity index (χ4n) is 1.71. The van der Waals surface area contributed by atoms with Crippen molar-refractivity contribution < 1.29 is 9.53 Å². The van der Waals surface area contributed by atoms with E-state index in [1.807, 2.05) is 42.5 Å². The number of hydrogen-bond donors (Lipinski definition) is 0. The van der Waals surface area contributed by atoms with Gasteiger partial charge in [-0.25, -0.2) is 4.79 Å². The van der Waals surface area contributed by atoms with Crippen molar-refractivity contribution in [2.75, 3.05) is 6.61 Å². The highest BCUT2D eigenvalue weighted by Gasteiger charge is 2.06.